The van der Waals surface area contributed by atoms with Crippen LogP contribution in [0.2, 0.25) is 0 Å². The second-order valence-electron chi connectivity index (χ2n) is 5.05. The molecular weight excluding hydrogens is 264 g/mol. The Morgan fingerprint density at radius 1 is 1.14 bits per heavy atom. The zero-order valence-electron chi connectivity index (χ0n) is 13.3. The highest BCUT2D eigenvalue weighted by Crippen LogP contribution is 2.20. The zero-order valence-corrected chi connectivity index (χ0v) is 13.3. The number of rotatable bonds is 7. The van der Waals surface area contributed by atoms with Crippen molar-refractivity contribution < 1.29 is 0 Å². The van der Waals surface area contributed by atoms with Crippen LogP contribution in [0.3, 0.4) is 0 Å². The van der Waals surface area contributed by atoms with E-state index >= 15 is 0 Å². The van der Waals surface area contributed by atoms with Crippen molar-refractivity contribution in [3.63, 3.8) is 0 Å². The van der Waals surface area contributed by atoms with Crippen molar-refractivity contribution in [2.24, 2.45) is 7.05 Å². The summed E-state index contributed by atoms with van der Waals surface area (Å²) in [5, 5.41) is 6.74. The van der Waals surface area contributed by atoms with Gasteiger partial charge >= 0.3 is 0 Å². The van der Waals surface area contributed by atoms with Gasteiger partial charge in [-0.1, -0.05) is 13.8 Å². The highest BCUT2D eigenvalue weighted by molar-refractivity contribution is 5.57. The van der Waals surface area contributed by atoms with E-state index in [4.69, 9.17) is 0 Å². The fourth-order valence-electron chi connectivity index (χ4n) is 2.04. The molecule has 0 spiro atoms. The van der Waals surface area contributed by atoms with Gasteiger partial charge in [0.1, 0.15) is 23.3 Å². The van der Waals surface area contributed by atoms with Crippen LogP contribution in [-0.4, -0.2) is 26.1 Å². The van der Waals surface area contributed by atoms with Gasteiger partial charge in [-0.3, -0.25) is 0 Å². The predicted molar refractivity (Wildman–Crippen MR) is 85.5 cm³/mol. The third kappa shape index (κ3) is 3.71. The molecule has 0 atom stereocenters. The molecule has 6 nitrogen and oxygen atoms in total. The first-order valence-corrected chi connectivity index (χ1v) is 7.47. The van der Waals surface area contributed by atoms with Gasteiger partial charge in [0.15, 0.2) is 0 Å². The van der Waals surface area contributed by atoms with Crippen LogP contribution in [0.5, 0.6) is 0 Å². The van der Waals surface area contributed by atoms with E-state index in [1.165, 1.54) is 0 Å². The lowest BCUT2D eigenvalue weighted by Crippen LogP contribution is -2.13. The van der Waals surface area contributed by atoms with Crippen molar-refractivity contribution in [3.05, 3.63) is 29.6 Å². The molecule has 0 aliphatic carbocycles. The Morgan fingerprint density at radius 2 is 1.86 bits per heavy atom. The zero-order chi connectivity index (χ0) is 15.2. The summed E-state index contributed by atoms with van der Waals surface area (Å²) in [6.45, 7) is 7.82. The quantitative estimate of drug-likeness (QED) is 0.819. The molecule has 2 aromatic heterocycles. The smallest absolute Gasteiger partial charge is 0.135 e. The molecule has 2 heterocycles. The van der Waals surface area contributed by atoms with Gasteiger partial charge in [0.25, 0.3) is 0 Å². The molecule has 0 aliphatic rings. The van der Waals surface area contributed by atoms with Crippen LogP contribution in [-0.2, 0) is 20.0 Å². The van der Waals surface area contributed by atoms with E-state index in [1.54, 1.807) is 6.20 Å². The fourth-order valence-corrected chi connectivity index (χ4v) is 2.04. The summed E-state index contributed by atoms with van der Waals surface area (Å²) in [5.74, 6) is 3.63. The van der Waals surface area contributed by atoms with Crippen LogP contribution in [0.15, 0.2) is 12.4 Å². The molecule has 0 radical (unpaired) electrons. The van der Waals surface area contributed by atoms with Gasteiger partial charge in [-0.2, -0.15) is 0 Å². The van der Waals surface area contributed by atoms with Gasteiger partial charge in [-0.15, -0.1) is 0 Å². The molecule has 0 bridgehead atoms. The minimum Gasteiger partial charge on any atom is -0.370 e. The number of hydrogen-bond donors (Lipinski definition) is 2. The Kier molecular flexibility index (Phi) is 5.14. The van der Waals surface area contributed by atoms with Crippen LogP contribution in [0.4, 0.5) is 11.6 Å². The standard InChI is InChI=1S/C15H24N6/c1-5-7-17-14-11(3)15(20-12(6-2)19-14)18-10-13-16-8-9-21(13)4/h8-9H,5-7,10H2,1-4H3,(H2,17,18,19,20). The summed E-state index contributed by atoms with van der Waals surface area (Å²) in [6, 6.07) is 0. The minimum atomic E-state index is 0.651. The van der Waals surface area contributed by atoms with E-state index in [9.17, 15) is 0 Å². The van der Waals surface area contributed by atoms with E-state index in [0.29, 0.717) is 6.54 Å². The molecule has 0 saturated heterocycles. The maximum absolute atomic E-state index is 4.59. The minimum absolute atomic E-state index is 0.651. The van der Waals surface area contributed by atoms with Crippen LogP contribution in [0.25, 0.3) is 0 Å². The highest BCUT2D eigenvalue weighted by Gasteiger charge is 2.10. The van der Waals surface area contributed by atoms with E-state index in [-0.39, 0.29) is 0 Å². The molecule has 0 aromatic carbocycles. The number of aromatic nitrogens is 4. The molecular formula is C15H24N6. The number of nitrogens with one attached hydrogen (secondary N) is 2. The first kappa shape index (κ1) is 15.3. The molecule has 6 heteroatoms. The molecule has 114 valence electrons. The monoisotopic (exact) mass is 288 g/mol. The van der Waals surface area contributed by atoms with Gasteiger partial charge in [0.2, 0.25) is 0 Å². The second kappa shape index (κ2) is 7.06. The lowest BCUT2D eigenvalue weighted by molar-refractivity contribution is 0.807. The molecule has 0 fully saturated rings. The summed E-state index contributed by atoms with van der Waals surface area (Å²) in [4.78, 5) is 13.5. The van der Waals surface area contributed by atoms with Crippen molar-refractivity contribution in [2.75, 3.05) is 17.2 Å². The third-order valence-corrected chi connectivity index (χ3v) is 3.39. The van der Waals surface area contributed by atoms with Gasteiger partial charge in [0, 0.05) is 38.0 Å². The van der Waals surface area contributed by atoms with E-state index < -0.39 is 0 Å². The number of hydrogen-bond acceptors (Lipinski definition) is 5. The van der Waals surface area contributed by atoms with Crippen LogP contribution >= 0.6 is 0 Å². The molecule has 21 heavy (non-hydrogen) atoms. The van der Waals surface area contributed by atoms with E-state index in [1.807, 2.05) is 24.7 Å². The Hall–Kier alpha value is -2.11. The van der Waals surface area contributed by atoms with Gasteiger partial charge in [0.05, 0.1) is 6.54 Å². The highest BCUT2D eigenvalue weighted by atomic mass is 15.1. The summed E-state index contributed by atoms with van der Waals surface area (Å²) >= 11 is 0. The summed E-state index contributed by atoms with van der Waals surface area (Å²) in [6.07, 6.45) is 5.63. The first-order valence-electron chi connectivity index (χ1n) is 7.47. The van der Waals surface area contributed by atoms with Crippen molar-refractivity contribution in [3.8, 4) is 0 Å². The maximum atomic E-state index is 4.59. The SMILES string of the molecule is CCCNc1nc(CC)nc(NCc2nccn2C)c1C. The summed E-state index contributed by atoms with van der Waals surface area (Å²) in [7, 11) is 1.99. The molecule has 2 N–H and O–H groups in total. The second-order valence-corrected chi connectivity index (χ2v) is 5.05. The van der Waals surface area contributed by atoms with Crippen LogP contribution < -0.4 is 10.6 Å². The van der Waals surface area contributed by atoms with Crippen LogP contribution in [0, 0.1) is 6.92 Å². The van der Waals surface area contributed by atoms with E-state index in [0.717, 1.165) is 48.2 Å². The van der Waals surface area contributed by atoms with Crippen LogP contribution in [0.1, 0.15) is 37.5 Å². The van der Waals surface area contributed by atoms with Crippen molar-refractivity contribution in [1.29, 1.82) is 0 Å². The molecule has 0 saturated carbocycles. The molecule has 2 aromatic rings. The number of anilines is 2. The van der Waals surface area contributed by atoms with Crippen molar-refractivity contribution in [2.45, 2.75) is 40.2 Å². The Morgan fingerprint density at radius 3 is 2.43 bits per heavy atom. The number of nitrogens with zero attached hydrogens (tertiary/aromatic N) is 4. The van der Waals surface area contributed by atoms with E-state index in [2.05, 4.69) is 39.4 Å². The Balaban J connectivity index is 2.19. The lowest BCUT2D eigenvalue weighted by atomic mass is 10.2. The number of imidazole rings is 1. The topological polar surface area (TPSA) is 67.7 Å². The average molecular weight is 288 g/mol. The maximum Gasteiger partial charge on any atom is 0.135 e. The lowest BCUT2D eigenvalue weighted by Gasteiger charge is -2.14. The normalized spacial score (nSPS) is 10.7. The third-order valence-electron chi connectivity index (χ3n) is 3.39. The van der Waals surface area contributed by atoms with Gasteiger partial charge in [-0.05, 0) is 13.3 Å². The van der Waals surface area contributed by atoms with Crippen molar-refractivity contribution in [1.82, 2.24) is 19.5 Å². The number of aryl methyl sites for hydroxylation is 2. The summed E-state index contributed by atoms with van der Waals surface area (Å²) < 4.78 is 2.00. The first-order chi connectivity index (χ1) is 10.2. The molecule has 0 unspecified atom stereocenters. The van der Waals surface area contributed by atoms with Gasteiger partial charge in [-0.25, -0.2) is 15.0 Å². The largest absolute Gasteiger partial charge is 0.370 e. The van der Waals surface area contributed by atoms with Crippen molar-refractivity contribution >= 4 is 11.6 Å². The fraction of sp³-hybridized carbons (Fsp3) is 0.533. The Labute approximate surface area is 126 Å². The molecule has 0 amide bonds. The average Bonchev–Trinajstić information content (AvgIpc) is 2.90. The summed E-state index contributed by atoms with van der Waals surface area (Å²) in [5.41, 5.74) is 1.05. The molecule has 0 aliphatic heterocycles. The Bertz CT molecular complexity index is 590. The van der Waals surface area contributed by atoms with Gasteiger partial charge < -0.3 is 15.2 Å². The molecule has 2 rings (SSSR count). The predicted octanol–water partition coefficient (Wildman–Crippen LogP) is 2.51.